The van der Waals surface area contributed by atoms with Gasteiger partial charge in [0.1, 0.15) is 23.4 Å². The number of benzene rings is 3. The third-order valence-corrected chi connectivity index (χ3v) is 7.22. The van der Waals surface area contributed by atoms with Gasteiger partial charge in [0.25, 0.3) is 15.9 Å². The molecule has 3 aromatic rings. The molecule has 0 unspecified atom stereocenters. The molecule has 0 bridgehead atoms. The van der Waals surface area contributed by atoms with Crippen LogP contribution in [0.25, 0.3) is 0 Å². The van der Waals surface area contributed by atoms with E-state index in [0.717, 1.165) is 24.1 Å². The van der Waals surface area contributed by atoms with Gasteiger partial charge in [-0.2, -0.15) is 0 Å². The van der Waals surface area contributed by atoms with Gasteiger partial charge >= 0.3 is 0 Å². The van der Waals surface area contributed by atoms with Gasteiger partial charge in [-0.25, -0.2) is 12.8 Å². The molecule has 0 aliphatic heterocycles. The fourth-order valence-electron chi connectivity index (χ4n) is 3.58. The lowest BCUT2D eigenvalue weighted by Crippen LogP contribution is -2.49. The summed E-state index contributed by atoms with van der Waals surface area (Å²) in [6.45, 7) is 3.91. The van der Waals surface area contributed by atoms with E-state index in [-0.39, 0.29) is 35.4 Å². The van der Waals surface area contributed by atoms with E-state index in [4.69, 9.17) is 9.47 Å². The zero-order valence-corrected chi connectivity index (χ0v) is 22.8. The first kappa shape index (κ1) is 29.4. The molecular formula is C28H32FN3O6S. The molecule has 0 fully saturated rings. The number of carbonyl (C=O) groups is 2. The monoisotopic (exact) mass is 557 g/mol. The largest absolute Gasteiger partial charge is 0.497 e. The molecule has 0 saturated carbocycles. The highest BCUT2D eigenvalue weighted by molar-refractivity contribution is 7.92. The third-order valence-electron chi connectivity index (χ3n) is 5.82. The minimum absolute atomic E-state index is 0.0344. The Morgan fingerprint density at radius 2 is 1.56 bits per heavy atom. The Hall–Kier alpha value is -4.12. The maximum atomic E-state index is 13.2. The second-order valence-electron chi connectivity index (χ2n) is 8.71. The second kappa shape index (κ2) is 13.6. The number of carbonyl (C=O) groups excluding carboxylic acids is 2. The van der Waals surface area contributed by atoms with E-state index in [9.17, 15) is 22.4 Å². The van der Waals surface area contributed by atoms with Crippen LogP contribution in [0.4, 0.5) is 10.1 Å². The Morgan fingerprint density at radius 1 is 0.949 bits per heavy atom. The second-order valence-corrected chi connectivity index (χ2v) is 10.4. The number of nitrogens with one attached hydrogen (secondary N) is 2. The Kier molecular flexibility index (Phi) is 10.3. The highest BCUT2D eigenvalue weighted by atomic mass is 32.2. The highest BCUT2D eigenvalue weighted by Gasteiger charge is 2.26. The van der Waals surface area contributed by atoms with Crippen molar-refractivity contribution in [2.45, 2.75) is 37.8 Å². The van der Waals surface area contributed by atoms with Crippen molar-refractivity contribution in [1.82, 2.24) is 10.2 Å². The van der Waals surface area contributed by atoms with E-state index in [2.05, 4.69) is 10.0 Å². The summed E-state index contributed by atoms with van der Waals surface area (Å²) in [5.74, 6) is -0.224. The van der Waals surface area contributed by atoms with Gasteiger partial charge in [0.2, 0.25) is 5.91 Å². The number of anilines is 1. The molecule has 0 aromatic heterocycles. The van der Waals surface area contributed by atoms with Gasteiger partial charge in [0.05, 0.1) is 12.0 Å². The van der Waals surface area contributed by atoms with Gasteiger partial charge < -0.3 is 19.7 Å². The summed E-state index contributed by atoms with van der Waals surface area (Å²) in [4.78, 5) is 27.2. The molecular weight excluding hydrogens is 525 g/mol. The standard InChI is InChI=1S/C28H32FN3O6S/c1-4-17-30-28(34)20(2)32(18-21-5-11-24(37-3)12-6-21)27(33)19-38-25-13-15-26(16-14-25)39(35,36)31-23-9-7-22(29)8-10-23/h5-16,20,31H,4,17-19H2,1-3H3,(H,30,34)/t20-/m0/s1. The van der Waals surface area contributed by atoms with Gasteiger partial charge in [-0.15, -0.1) is 0 Å². The van der Waals surface area contributed by atoms with Crippen LogP contribution in [0.15, 0.2) is 77.7 Å². The summed E-state index contributed by atoms with van der Waals surface area (Å²) in [5.41, 5.74) is 1.03. The smallest absolute Gasteiger partial charge is 0.261 e. The maximum absolute atomic E-state index is 13.2. The molecule has 3 rings (SSSR count). The van der Waals surface area contributed by atoms with Crippen molar-refractivity contribution in [1.29, 1.82) is 0 Å². The lowest BCUT2D eigenvalue weighted by atomic mass is 10.1. The number of sulfonamides is 1. The summed E-state index contributed by atoms with van der Waals surface area (Å²) in [7, 11) is -2.35. The lowest BCUT2D eigenvalue weighted by Gasteiger charge is -2.28. The summed E-state index contributed by atoms with van der Waals surface area (Å²) in [5, 5.41) is 2.81. The number of rotatable bonds is 13. The minimum atomic E-state index is -3.91. The van der Waals surface area contributed by atoms with Crippen molar-refractivity contribution in [3.8, 4) is 11.5 Å². The Morgan fingerprint density at radius 3 is 2.15 bits per heavy atom. The van der Waals surface area contributed by atoms with Crippen molar-refractivity contribution in [3.05, 3.63) is 84.2 Å². The van der Waals surface area contributed by atoms with E-state index >= 15 is 0 Å². The topological polar surface area (TPSA) is 114 Å². The summed E-state index contributed by atoms with van der Waals surface area (Å²) >= 11 is 0. The SMILES string of the molecule is CCCNC(=O)[C@H](C)N(Cc1ccc(OC)cc1)C(=O)COc1ccc(S(=O)(=O)Nc2ccc(F)cc2)cc1. The number of halogens is 1. The molecule has 1 atom stereocenters. The highest BCUT2D eigenvalue weighted by Crippen LogP contribution is 2.20. The fraction of sp³-hybridized carbons (Fsp3) is 0.286. The molecule has 0 aliphatic rings. The molecule has 0 heterocycles. The molecule has 0 radical (unpaired) electrons. The average Bonchev–Trinajstić information content (AvgIpc) is 2.94. The molecule has 0 aliphatic carbocycles. The van der Waals surface area contributed by atoms with Gasteiger partial charge in [-0.3, -0.25) is 14.3 Å². The molecule has 3 aromatic carbocycles. The van der Waals surface area contributed by atoms with Crippen LogP contribution >= 0.6 is 0 Å². The van der Waals surface area contributed by atoms with Gasteiger partial charge in [-0.05, 0) is 79.6 Å². The van der Waals surface area contributed by atoms with Crippen LogP contribution in [0.2, 0.25) is 0 Å². The molecule has 2 N–H and O–H groups in total. The summed E-state index contributed by atoms with van der Waals surface area (Å²) < 4.78 is 51.5. The first-order valence-electron chi connectivity index (χ1n) is 12.3. The fourth-order valence-corrected chi connectivity index (χ4v) is 4.64. The quantitative estimate of drug-likeness (QED) is 0.329. The van der Waals surface area contributed by atoms with E-state index in [1.807, 2.05) is 19.1 Å². The van der Waals surface area contributed by atoms with Crippen LogP contribution in [0.5, 0.6) is 11.5 Å². The first-order valence-corrected chi connectivity index (χ1v) is 13.8. The first-order chi connectivity index (χ1) is 18.6. The predicted molar refractivity (Wildman–Crippen MR) is 145 cm³/mol. The molecule has 0 spiro atoms. The van der Waals surface area contributed by atoms with Crippen LogP contribution in [0.1, 0.15) is 25.8 Å². The summed E-state index contributed by atoms with van der Waals surface area (Å²) in [6, 6.07) is 16.9. The Labute approximate surface area is 228 Å². The number of ether oxygens (including phenoxy) is 2. The van der Waals surface area contributed by atoms with Crippen LogP contribution in [0, 0.1) is 5.82 Å². The molecule has 208 valence electrons. The van der Waals surface area contributed by atoms with E-state index in [1.54, 1.807) is 26.2 Å². The van der Waals surface area contributed by atoms with Crippen LogP contribution in [0.3, 0.4) is 0 Å². The zero-order chi connectivity index (χ0) is 28.4. The Bertz CT molecular complexity index is 1350. The van der Waals surface area contributed by atoms with E-state index < -0.39 is 27.8 Å². The van der Waals surface area contributed by atoms with Crippen molar-refractivity contribution in [2.75, 3.05) is 25.0 Å². The predicted octanol–water partition coefficient (Wildman–Crippen LogP) is 3.96. The van der Waals surface area contributed by atoms with Crippen LogP contribution < -0.4 is 19.5 Å². The third kappa shape index (κ3) is 8.44. The van der Waals surface area contributed by atoms with E-state index in [1.165, 1.54) is 41.3 Å². The zero-order valence-electron chi connectivity index (χ0n) is 22.0. The van der Waals surface area contributed by atoms with Gasteiger partial charge in [-0.1, -0.05) is 19.1 Å². The minimum Gasteiger partial charge on any atom is -0.497 e. The van der Waals surface area contributed by atoms with Gasteiger partial charge in [0, 0.05) is 18.8 Å². The van der Waals surface area contributed by atoms with Crippen molar-refractivity contribution in [2.24, 2.45) is 0 Å². The number of hydrogen-bond donors (Lipinski definition) is 2. The molecule has 0 saturated heterocycles. The Balaban J connectivity index is 1.68. The number of methoxy groups -OCH3 is 1. The van der Waals surface area contributed by atoms with E-state index in [0.29, 0.717) is 12.3 Å². The lowest BCUT2D eigenvalue weighted by molar-refractivity contribution is -0.142. The normalized spacial score (nSPS) is 11.8. The summed E-state index contributed by atoms with van der Waals surface area (Å²) in [6.07, 6.45) is 0.763. The van der Waals surface area contributed by atoms with Crippen LogP contribution in [-0.2, 0) is 26.2 Å². The number of nitrogens with zero attached hydrogens (tertiary/aromatic N) is 1. The molecule has 39 heavy (non-hydrogen) atoms. The van der Waals surface area contributed by atoms with Crippen molar-refractivity contribution < 1.29 is 31.9 Å². The van der Waals surface area contributed by atoms with Crippen molar-refractivity contribution in [3.63, 3.8) is 0 Å². The molecule has 11 heteroatoms. The van der Waals surface area contributed by atoms with Crippen LogP contribution in [-0.4, -0.2) is 51.4 Å². The number of hydrogen-bond acceptors (Lipinski definition) is 6. The number of amides is 2. The van der Waals surface area contributed by atoms with Gasteiger partial charge in [0.15, 0.2) is 6.61 Å². The average molecular weight is 558 g/mol. The molecule has 2 amide bonds. The maximum Gasteiger partial charge on any atom is 0.261 e. The van der Waals surface area contributed by atoms with Crippen molar-refractivity contribution >= 4 is 27.5 Å². The molecule has 9 nitrogen and oxygen atoms in total.